The van der Waals surface area contributed by atoms with Crippen molar-refractivity contribution in [3.8, 4) is 0 Å². The maximum absolute atomic E-state index is 12.7. The van der Waals surface area contributed by atoms with Crippen LogP contribution in [0.25, 0.3) is 0 Å². The second-order valence-corrected chi connectivity index (χ2v) is 5.00. The second-order valence-electron chi connectivity index (χ2n) is 5.00. The Kier molecular flexibility index (Phi) is 4.32. The highest BCUT2D eigenvalue weighted by atomic mass is 19.4. The number of fused-ring (bicyclic) bond motifs is 1. The fraction of sp³-hybridized carbons (Fsp3) is 0.500. The lowest BCUT2D eigenvalue weighted by Crippen LogP contribution is -2.42. The summed E-state index contributed by atoms with van der Waals surface area (Å²) in [6, 6.07) is 7.75. The fourth-order valence-corrected chi connectivity index (χ4v) is 2.48. The molecule has 0 saturated heterocycles. The van der Waals surface area contributed by atoms with Gasteiger partial charge >= 0.3 is 12.1 Å². The number of aliphatic carboxylic acids is 1. The molecular formula is C14H16F3NO2. The maximum atomic E-state index is 12.7. The van der Waals surface area contributed by atoms with E-state index in [0.29, 0.717) is 25.9 Å². The minimum absolute atomic E-state index is 0.455. The van der Waals surface area contributed by atoms with Gasteiger partial charge in [0.05, 0.1) is 0 Å². The highest BCUT2D eigenvalue weighted by molar-refractivity contribution is 5.71. The van der Waals surface area contributed by atoms with E-state index in [-0.39, 0.29) is 0 Å². The Bertz CT molecular complexity index is 461. The molecule has 1 aromatic rings. The normalized spacial score (nSPS) is 18.1. The molecule has 0 saturated carbocycles. The summed E-state index contributed by atoms with van der Waals surface area (Å²) in [5.41, 5.74) is 2.27. The van der Waals surface area contributed by atoms with Gasteiger partial charge in [0.2, 0.25) is 0 Å². The molecule has 1 atom stereocenters. The minimum atomic E-state index is -4.70. The third-order valence-corrected chi connectivity index (χ3v) is 3.65. The first kappa shape index (κ1) is 14.8. The molecule has 3 nitrogen and oxygen atoms in total. The molecule has 0 spiro atoms. The predicted molar refractivity (Wildman–Crippen MR) is 67.5 cm³/mol. The zero-order valence-corrected chi connectivity index (χ0v) is 10.9. The van der Waals surface area contributed by atoms with Crippen LogP contribution in [0.5, 0.6) is 0 Å². The highest BCUT2D eigenvalue weighted by Crippen LogP contribution is 2.28. The monoisotopic (exact) mass is 287 g/mol. The molecule has 0 bridgehead atoms. The van der Waals surface area contributed by atoms with Crippen LogP contribution in [-0.4, -0.2) is 41.8 Å². The van der Waals surface area contributed by atoms with Gasteiger partial charge < -0.3 is 10.0 Å². The van der Waals surface area contributed by atoms with E-state index in [1.54, 1.807) is 4.90 Å². The topological polar surface area (TPSA) is 40.5 Å². The van der Waals surface area contributed by atoms with Crippen molar-refractivity contribution >= 4 is 5.97 Å². The molecule has 1 heterocycles. The van der Waals surface area contributed by atoms with E-state index in [1.165, 1.54) is 0 Å². The maximum Gasteiger partial charge on any atom is 0.403 e. The van der Waals surface area contributed by atoms with E-state index < -0.39 is 24.6 Å². The highest BCUT2D eigenvalue weighted by Gasteiger charge is 2.45. The summed E-state index contributed by atoms with van der Waals surface area (Å²) < 4.78 is 38.0. The molecule has 0 radical (unpaired) electrons. The number of rotatable bonds is 3. The van der Waals surface area contributed by atoms with Crippen molar-refractivity contribution in [2.75, 3.05) is 19.6 Å². The molecule has 0 aromatic heterocycles. The van der Waals surface area contributed by atoms with Crippen LogP contribution in [0.15, 0.2) is 24.3 Å². The van der Waals surface area contributed by atoms with Gasteiger partial charge in [-0.25, -0.2) is 0 Å². The Hall–Kier alpha value is -1.56. The van der Waals surface area contributed by atoms with Crippen molar-refractivity contribution < 1.29 is 23.1 Å². The number of nitrogens with zero attached hydrogens (tertiary/aromatic N) is 1. The SMILES string of the molecule is O=C(O)C(CN1CCc2ccccc2CC1)C(F)(F)F. The predicted octanol–water partition coefficient (Wildman–Crippen LogP) is 2.35. The molecule has 1 unspecified atom stereocenters. The van der Waals surface area contributed by atoms with Crippen LogP contribution in [-0.2, 0) is 17.6 Å². The Labute approximate surface area is 115 Å². The van der Waals surface area contributed by atoms with Crippen molar-refractivity contribution in [2.24, 2.45) is 5.92 Å². The van der Waals surface area contributed by atoms with Crippen LogP contribution < -0.4 is 0 Å². The third kappa shape index (κ3) is 3.50. The first-order chi connectivity index (χ1) is 9.38. The van der Waals surface area contributed by atoms with Crippen molar-refractivity contribution in [3.63, 3.8) is 0 Å². The molecule has 110 valence electrons. The van der Waals surface area contributed by atoms with Crippen LogP contribution in [0.2, 0.25) is 0 Å². The zero-order chi connectivity index (χ0) is 14.8. The van der Waals surface area contributed by atoms with Gasteiger partial charge in [-0.3, -0.25) is 4.79 Å². The zero-order valence-electron chi connectivity index (χ0n) is 10.9. The van der Waals surface area contributed by atoms with E-state index in [4.69, 9.17) is 5.11 Å². The average molecular weight is 287 g/mol. The van der Waals surface area contributed by atoms with E-state index >= 15 is 0 Å². The third-order valence-electron chi connectivity index (χ3n) is 3.65. The number of carboxylic acid groups (broad SMARTS) is 1. The summed E-state index contributed by atoms with van der Waals surface area (Å²) in [6.07, 6.45) is -3.40. The van der Waals surface area contributed by atoms with Crippen LogP contribution in [0.4, 0.5) is 13.2 Å². The number of alkyl halides is 3. The number of carbonyl (C=O) groups is 1. The van der Waals surface area contributed by atoms with Gasteiger partial charge in [-0.15, -0.1) is 0 Å². The van der Waals surface area contributed by atoms with Gasteiger partial charge in [0.15, 0.2) is 5.92 Å². The quantitative estimate of drug-likeness (QED) is 0.927. The first-order valence-electron chi connectivity index (χ1n) is 6.46. The number of benzene rings is 1. The Morgan fingerprint density at radius 2 is 1.70 bits per heavy atom. The number of carboxylic acids is 1. The second kappa shape index (κ2) is 5.83. The summed E-state index contributed by atoms with van der Waals surface area (Å²) in [4.78, 5) is 12.4. The molecule has 0 fully saturated rings. The summed E-state index contributed by atoms with van der Waals surface area (Å²) in [5.74, 6) is -4.12. The molecule has 20 heavy (non-hydrogen) atoms. The Balaban J connectivity index is 2.04. The van der Waals surface area contributed by atoms with Gasteiger partial charge in [-0.05, 0) is 24.0 Å². The van der Waals surface area contributed by atoms with Crippen LogP contribution in [0.1, 0.15) is 11.1 Å². The number of hydrogen-bond donors (Lipinski definition) is 1. The molecular weight excluding hydrogens is 271 g/mol. The average Bonchev–Trinajstić information content (AvgIpc) is 2.56. The van der Waals surface area contributed by atoms with Gasteiger partial charge in [-0.1, -0.05) is 24.3 Å². The molecule has 1 N–H and O–H groups in total. The largest absolute Gasteiger partial charge is 0.481 e. The van der Waals surface area contributed by atoms with Gasteiger partial charge in [0.1, 0.15) is 0 Å². The van der Waals surface area contributed by atoms with Crippen LogP contribution >= 0.6 is 0 Å². The standard InChI is InChI=1S/C14H16F3NO2/c15-14(16,17)12(13(19)20)9-18-7-5-10-3-1-2-4-11(10)6-8-18/h1-4,12H,5-9H2,(H,19,20). The molecule has 0 amide bonds. The number of halogens is 3. The van der Waals surface area contributed by atoms with Crippen molar-refractivity contribution in [1.29, 1.82) is 0 Å². The van der Waals surface area contributed by atoms with E-state index in [1.807, 2.05) is 24.3 Å². The minimum Gasteiger partial charge on any atom is -0.481 e. The Morgan fingerprint density at radius 1 is 1.20 bits per heavy atom. The lowest BCUT2D eigenvalue weighted by molar-refractivity contribution is -0.196. The van der Waals surface area contributed by atoms with Crippen molar-refractivity contribution in [3.05, 3.63) is 35.4 Å². The van der Waals surface area contributed by atoms with Crippen molar-refractivity contribution in [2.45, 2.75) is 19.0 Å². The molecule has 2 rings (SSSR count). The fourth-order valence-electron chi connectivity index (χ4n) is 2.48. The summed E-state index contributed by atoms with van der Waals surface area (Å²) in [7, 11) is 0. The van der Waals surface area contributed by atoms with Gasteiger partial charge in [0, 0.05) is 19.6 Å². The summed E-state index contributed by atoms with van der Waals surface area (Å²) >= 11 is 0. The summed E-state index contributed by atoms with van der Waals surface area (Å²) in [6.45, 7) is 0.431. The molecule has 0 aliphatic carbocycles. The van der Waals surface area contributed by atoms with E-state index in [2.05, 4.69) is 0 Å². The number of hydrogen-bond acceptors (Lipinski definition) is 2. The van der Waals surface area contributed by atoms with Gasteiger partial charge in [-0.2, -0.15) is 13.2 Å². The van der Waals surface area contributed by atoms with E-state index in [0.717, 1.165) is 11.1 Å². The molecule has 1 aliphatic rings. The summed E-state index contributed by atoms with van der Waals surface area (Å²) in [5, 5.41) is 8.74. The van der Waals surface area contributed by atoms with Crippen LogP contribution in [0.3, 0.4) is 0 Å². The van der Waals surface area contributed by atoms with Gasteiger partial charge in [0.25, 0.3) is 0 Å². The molecule has 6 heteroatoms. The molecule has 1 aliphatic heterocycles. The van der Waals surface area contributed by atoms with Crippen LogP contribution in [0, 0.1) is 5.92 Å². The van der Waals surface area contributed by atoms with E-state index in [9.17, 15) is 18.0 Å². The Morgan fingerprint density at radius 3 is 2.10 bits per heavy atom. The molecule has 1 aromatic carbocycles. The lowest BCUT2D eigenvalue weighted by Gasteiger charge is -2.25. The first-order valence-corrected chi connectivity index (χ1v) is 6.46. The smallest absolute Gasteiger partial charge is 0.403 e. The van der Waals surface area contributed by atoms with Crippen molar-refractivity contribution in [1.82, 2.24) is 4.90 Å². The lowest BCUT2D eigenvalue weighted by atomic mass is 10.0.